The molecule has 0 radical (unpaired) electrons. The Balaban J connectivity index is 1.86. The van der Waals surface area contributed by atoms with Gasteiger partial charge in [-0.2, -0.15) is 0 Å². The smallest absolute Gasteiger partial charge is 0.0935 e. The van der Waals surface area contributed by atoms with E-state index in [-0.39, 0.29) is 0 Å². The van der Waals surface area contributed by atoms with E-state index < -0.39 is 6.89 Å². The molecular formula is C30H36BP. The van der Waals surface area contributed by atoms with Crippen molar-refractivity contribution in [2.24, 2.45) is 0 Å². The van der Waals surface area contributed by atoms with Gasteiger partial charge in [-0.3, -0.25) is 0 Å². The average molecular weight is 438 g/mol. The fraction of sp³-hybridized carbons (Fsp3) is 0.367. The molecule has 0 aromatic heterocycles. The van der Waals surface area contributed by atoms with Crippen LogP contribution in [0.5, 0.6) is 0 Å². The van der Waals surface area contributed by atoms with Crippen LogP contribution in [-0.4, -0.2) is 11.9 Å². The molecule has 0 nitrogen and oxygen atoms in total. The van der Waals surface area contributed by atoms with Crippen LogP contribution in [0.25, 0.3) is 0 Å². The minimum absolute atomic E-state index is 0.744. The minimum Gasteiger partial charge on any atom is -0.0935 e. The molecule has 0 unspecified atom stereocenters. The van der Waals surface area contributed by atoms with Crippen LogP contribution in [0.1, 0.15) is 58.3 Å². The lowest BCUT2D eigenvalue weighted by molar-refractivity contribution is 0.786. The first-order chi connectivity index (χ1) is 15.8. The molecule has 0 amide bonds. The van der Waals surface area contributed by atoms with Gasteiger partial charge in [-0.05, 0) is 22.8 Å². The zero-order valence-electron chi connectivity index (χ0n) is 19.5. The highest BCUT2D eigenvalue weighted by Gasteiger charge is 2.41. The van der Waals surface area contributed by atoms with E-state index in [1.54, 1.807) is 5.19 Å². The standard InChI is InChI=1S/C30H36BP/c1-25(31(26-15-11-12-16-26)27-17-13-14-18-27)32(28-19-5-2-6-20-28,29-21-7-3-8-22-29)30-23-9-4-10-24-30/h2-10,19-24,26-27H,11-18H2,1H3. The van der Waals surface area contributed by atoms with Gasteiger partial charge in [-0.15, -0.1) is 0 Å². The average Bonchev–Trinajstić information content (AvgIpc) is 3.58. The summed E-state index contributed by atoms with van der Waals surface area (Å²) in [6.45, 7) is 1.43. The van der Waals surface area contributed by atoms with Crippen LogP contribution in [0.4, 0.5) is 0 Å². The third-order valence-corrected chi connectivity index (χ3v) is 12.8. The maximum atomic E-state index is 2.57. The molecule has 0 heterocycles. The predicted octanol–water partition coefficient (Wildman–Crippen LogP) is 7.10. The summed E-state index contributed by atoms with van der Waals surface area (Å²) in [7, 11) is 0. The molecule has 0 N–H and O–H groups in total. The summed E-state index contributed by atoms with van der Waals surface area (Å²) in [5, 5.41) is 6.36. The summed E-state index contributed by atoms with van der Waals surface area (Å²) in [5.74, 6) is 1.74. The fourth-order valence-corrected chi connectivity index (χ4v) is 11.8. The largest absolute Gasteiger partial charge is 0.177 e. The highest BCUT2D eigenvalue weighted by Crippen LogP contribution is 2.52. The second-order valence-corrected chi connectivity index (χ2v) is 13.5. The molecule has 0 spiro atoms. The van der Waals surface area contributed by atoms with E-state index in [1.807, 2.05) is 0 Å². The van der Waals surface area contributed by atoms with Crippen molar-refractivity contribution in [3.8, 4) is 0 Å². The monoisotopic (exact) mass is 438 g/mol. The van der Waals surface area contributed by atoms with Crippen LogP contribution >= 0.6 is 6.89 Å². The van der Waals surface area contributed by atoms with E-state index in [1.165, 1.54) is 67.3 Å². The van der Waals surface area contributed by atoms with E-state index >= 15 is 0 Å². The molecule has 164 valence electrons. The third kappa shape index (κ3) is 3.95. The van der Waals surface area contributed by atoms with Crippen molar-refractivity contribution in [1.29, 1.82) is 0 Å². The molecule has 3 aromatic carbocycles. The van der Waals surface area contributed by atoms with Gasteiger partial charge in [0, 0.05) is 0 Å². The van der Waals surface area contributed by atoms with Gasteiger partial charge in [0.25, 0.3) is 0 Å². The summed E-state index contributed by atoms with van der Waals surface area (Å²) in [6.07, 6.45) is 11.4. The van der Waals surface area contributed by atoms with Gasteiger partial charge >= 0.3 is 0 Å². The Morgan fingerprint density at radius 2 is 0.875 bits per heavy atom. The maximum absolute atomic E-state index is 2.57. The van der Waals surface area contributed by atoms with Crippen molar-refractivity contribution in [2.75, 3.05) is 0 Å². The van der Waals surface area contributed by atoms with Gasteiger partial charge in [-0.1, -0.05) is 166 Å². The zero-order valence-corrected chi connectivity index (χ0v) is 20.4. The highest BCUT2D eigenvalue weighted by molar-refractivity contribution is 7.97. The molecule has 3 aromatic rings. The predicted molar refractivity (Wildman–Crippen MR) is 146 cm³/mol. The Hall–Kier alpha value is -1.98. The molecule has 5 rings (SSSR count). The van der Waals surface area contributed by atoms with Crippen LogP contribution in [0, 0.1) is 0 Å². The van der Waals surface area contributed by atoms with E-state index in [9.17, 15) is 0 Å². The van der Waals surface area contributed by atoms with Crippen LogP contribution < -0.4 is 15.9 Å². The number of benzene rings is 3. The van der Waals surface area contributed by atoms with Crippen molar-refractivity contribution in [2.45, 2.75) is 69.9 Å². The molecule has 0 atom stereocenters. The molecule has 2 heteroatoms. The second-order valence-electron chi connectivity index (χ2n) is 9.93. The van der Waals surface area contributed by atoms with Crippen molar-refractivity contribution in [3.63, 3.8) is 0 Å². The fourth-order valence-electron chi connectivity index (χ4n) is 6.94. The lowest BCUT2D eigenvalue weighted by Gasteiger charge is -2.38. The van der Waals surface area contributed by atoms with Crippen LogP contribution in [-0.2, 0) is 0 Å². The molecule has 32 heavy (non-hydrogen) atoms. The van der Waals surface area contributed by atoms with Crippen LogP contribution in [0.3, 0.4) is 0 Å². The van der Waals surface area contributed by atoms with Crippen molar-refractivity contribution in [1.82, 2.24) is 0 Å². The van der Waals surface area contributed by atoms with E-state index in [0.717, 1.165) is 18.3 Å². The Morgan fingerprint density at radius 3 is 1.19 bits per heavy atom. The maximum Gasteiger partial charge on any atom is 0.177 e. The number of rotatable bonds is 6. The first-order valence-electron chi connectivity index (χ1n) is 12.7. The lowest BCUT2D eigenvalue weighted by atomic mass is 9.31. The third-order valence-electron chi connectivity index (χ3n) is 8.26. The molecule has 2 saturated carbocycles. The Kier molecular flexibility index (Phi) is 6.75. The summed E-state index contributed by atoms with van der Waals surface area (Å²) in [5.41, 5.74) is 0. The second kappa shape index (κ2) is 9.88. The normalized spacial score (nSPS) is 17.5. The van der Waals surface area contributed by atoms with Crippen LogP contribution in [0.15, 0.2) is 91.0 Å². The zero-order chi connectivity index (χ0) is 21.8. The molecule has 2 aliphatic rings. The highest BCUT2D eigenvalue weighted by atomic mass is 31.2. The summed E-state index contributed by atoms with van der Waals surface area (Å²) in [4.78, 5) is 0. The van der Waals surface area contributed by atoms with Crippen molar-refractivity contribution < 1.29 is 0 Å². The SMILES string of the molecule is CC(B(C1CCCC1)C1CCCC1)=P(c1ccccc1)(c1ccccc1)c1ccccc1. The number of hydrogen-bond acceptors (Lipinski definition) is 0. The van der Waals surface area contributed by atoms with Crippen molar-refractivity contribution >= 4 is 34.7 Å². The quantitative estimate of drug-likeness (QED) is 0.285. The molecule has 0 bridgehead atoms. The topological polar surface area (TPSA) is 0 Å². The van der Waals surface area contributed by atoms with Crippen molar-refractivity contribution in [3.05, 3.63) is 91.0 Å². The molecular weight excluding hydrogens is 402 g/mol. The van der Waals surface area contributed by atoms with E-state index in [0.29, 0.717) is 0 Å². The number of hydrogen-bond donors (Lipinski definition) is 0. The minimum atomic E-state index is -1.89. The first-order valence-corrected chi connectivity index (χ1v) is 14.5. The van der Waals surface area contributed by atoms with Gasteiger partial charge in [0.1, 0.15) is 0 Å². The molecule has 0 saturated heterocycles. The Labute approximate surface area is 195 Å². The summed E-state index contributed by atoms with van der Waals surface area (Å²) < 4.78 is 0. The van der Waals surface area contributed by atoms with Gasteiger partial charge in [0.2, 0.25) is 0 Å². The summed E-state index contributed by atoms with van der Waals surface area (Å²) >= 11 is 0. The van der Waals surface area contributed by atoms with Crippen LogP contribution in [0.2, 0.25) is 11.6 Å². The van der Waals surface area contributed by atoms with Gasteiger partial charge < -0.3 is 0 Å². The Morgan fingerprint density at radius 1 is 0.562 bits per heavy atom. The first kappa shape index (κ1) is 21.8. The Bertz CT molecular complexity index is 926. The summed E-state index contributed by atoms with van der Waals surface area (Å²) in [6, 6.07) is 34.5. The molecule has 2 fully saturated rings. The van der Waals surface area contributed by atoms with E-state index in [2.05, 4.69) is 97.9 Å². The molecule has 2 aliphatic carbocycles. The molecule has 0 aliphatic heterocycles. The van der Waals surface area contributed by atoms with Gasteiger partial charge in [-0.25, -0.2) is 0 Å². The lowest BCUT2D eigenvalue weighted by Crippen LogP contribution is -2.40. The van der Waals surface area contributed by atoms with Gasteiger partial charge in [0.15, 0.2) is 6.71 Å². The van der Waals surface area contributed by atoms with Gasteiger partial charge in [0.05, 0.1) is 0 Å². The van der Waals surface area contributed by atoms with E-state index in [4.69, 9.17) is 0 Å².